The summed E-state index contributed by atoms with van der Waals surface area (Å²) >= 11 is 0. The summed E-state index contributed by atoms with van der Waals surface area (Å²) in [6.07, 6.45) is 6.96. The second kappa shape index (κ2) is 13.1. The van der Waals surface area contributed by atoms with Crippen LogP contribution in [0.1, 0.15) is 22.3 Å². The molecule has 0 spiro atoms. The van der Waals surface area contributed by atoms with Gasteiger partial charge < -0.3 is 17.2 Å². The molecule has 2 rings (SSSR count). The van der Waals surface area contributed by atoms with E-state index in [1.165, 1.54) is 24.9 Å². The fraction of sp³-hybridized carbons (Fsp3) is 0. The molecule has 0 aliphatic rings. The zero-order chi connectivity index (χ0) is 25.6. The van der Waals surface area contributed by atoms with Crippen LogP contribution in [0.4, 0.5) is 0 Å². The fourth-order valence-electron chi connectivity index (χ4n) is 2.67. The van der Waals surface area contributed by atoms with Crippen molar-refractivity contribution in [2.75, 3.05) is 0 Å². The van der Waals surface area contributed by atoms with E-state index in [2.05, 4.69) is 42.1 Å². The van der Waals surface area contributed by atoms with Crippen LogP contribution < -0.4 is 38.9 Å². The fourth-order valence-corrected chi connectivity index (χ4v) is 2.67. The number of guanidine groups is 3. The molecular formula is C20H25N15. The van der Waals surface area contributed by atoms with E-state index < -0.39 is 0 Å². The van der Waals surface area contributed by atoms with Crippen LogP contribution >= 0.6 is 0 Å². The molecule has 0 saturated heterocycles. The van der Waals surface area contributed by atoms with Gasteiger partial charge >= 0.3 is 0 Å². The van der Waals surface area contributed by atoms with Gasteiger partial charge in [-0.3, -0.25) is 27.1 Å². The van der Waals surface area contributed by atoms with E-state index in [1.54, 1.807) is 18.2 Å². The van der Waals surface area contributed by atoms with Crippen LogP contribution in [0.2, 0.25) is 0 Å². The van der Waals surface area contributed by atoms with Crippen molar-refractivity contribution in [3.8, 4) is 11.1 Å². The van der Waals surface area contributed by atoms with E-state index in [9.17, 15) is 0 Å². The standard InChI is InChI=1S/C20H25N15/c21-11-32-28-8-13-3-14(9-30-34-19(24)25)5-16(4-13)17-6-12(7-29-33-18(22)23)1-2-15(17)10-31-35-20(26)27/h1-11H,(H2,21,32)(H4,22,23,33)(H4,24,25,34)(H4,26,27,35)/b28-8+,29-7+,30-9+,31-10+. The predicted octanol–water partition coefficient (Wildman–Crippen LogP) is -0.665. The zero-order valence-electron chi connectivity index (χ0n) is 18.4. The number of hydrogen-bond acceptors (Lipinski definition) is 8. The van der Waals surface area contributed by atoms with Crippen molar-refractivity contribution in [1.82, 2.24) is 21.7 Å². The van der Waals surface area contributed by atoms with E-state index in [4.69, 9.17) is 38.8 Å². The maximum atomic E-state index is 7.27. The molecule has 0 atom stereocenters. The molecular weight excluding hydrogens is 450 g/mol. The largest absolute Gasteiger partial charge is 0.369 e. The molecule has 0 saturated carbocycles. The average molecular weight is 476 g/mol. The maximum absolute atomic E-state index is 7.27. The SMILES string of the molecule is N=CN/N=C/c1cc(/C=N/NC(=N)N)cc(-c2cc(/C=N/NC(=N)N)ccc2/C=N/NC(=N)N)c1. The molecule has 14 N–H and O–H groups in total. The molecule has 2 aromatic rings. The third-order valence-corrected chi connectivity index (χ3v) is 3.90. The first-order valence-electron chi connectivity index (χ1n) is 9.75. The van der Waals surface area contributed by atoms with Crippen molar-refractivity contribution in [3.63, 3.8) is 0 Å². The number of hydrogen-bond donors (Lipinski definition) is 11. The lowest BCUT2D eigenvalue weighted by molar-refractivity contribution is 1.00. The van der Waals surface area contributed by atoms with Crippen LogP contribution in [-0.2, 0) is 0 Å². The second-order valence-electron chi connectivity index (χ2n) is 6.62. The van der Waals surface area contributed by atoms with Crippen LogP contribution in [-0.4, -0.2) is 49.1 Å². The third-order valence-electron chi connectivity index (χ3n) is 3.90. The molecule has 0 aliphatic heterocycles. The highest BCUT2D eigenvalue weighted by atomic mass is 15.3. The summed E-state index contributed by atoms with van der Waals surface area (Å²) < 4.78 is 0. The van der Waals surface area contributed by atoms with E-state index in [0.717, 1.165) is 17.5 Å². The summed E-state index contributed by atoms with van der Waals surface area (Å²) in [6, 6.07) is 10.9. The highest BCUT2D eigenvalue weighted by molar-refractivity contribution is 5.97. The molecule has 2 aromatic carbocycles. The molecule has 0 heterocycles. The highest BCUT2D eigenvalue weighted by Gasteiger charge is 2.08. The normalized spacial score (nSPS) is 11.2. The van der Waals surface area contributed by atoms with Gasteiger partial charge in [-0.15, -0.1) is 0 Å². The Hall–Kier alpha value is -5.60. The minimum Gasteiger partial charge on any atom is -0.369 e. The van der Waals surface area contributed by atoms with E-state index >= 15 is 0 Å². The third kappa shape index (κ3) is 9.19. The minimum absolute atomic E-state index is 0.297. The predicted molar refractivity (Wildman–Crippen MR) is 139 cm³/mol. The monoisotopic (exact) mass is 475 g/mol. The molecule has 15 heteroatoms. The summed E-state index contributed by atoms with van der Waals surface area (Å²) in [6.45, 7) is 0. The van der Waals surface area contributed by atoms with Gasteiger partial charge in [0.25, 0.3) is 0 Å². The summed E-state index contributed by atoms with van der Waals surface area (Å²) in [7, 11) is 0. The Kier molecular flexibility index (Phi) is 9.58. The van der Waals surface area contributed by atoms with Crippen molar-refractivity contribution in [1.29, 1.82) is 21.6 Å². The highest BCUT2D eigenvalue weighted by Crippen LogP contribution is 2.26. The Bertz CT molecular complexity index is 1210. The topological polar surface area (TPSA) is 271 Å². The van der Waals surface area contributed by atoms with Crippen molar-refractivity contribution in [3.05, 3.63) is 58.7 Å². The molecule has 0 radical (unpaired) electrons. The maximum Gasteiger partial charge on any atom is 0.206 e. The van der Waals surface area contributed by atoms with Crippen molar-refractivity contribution in [2.45, 2.75) is 0 Å². The van der Waals surface area contributed by atoms with Gasteiger partial charge in [-0.2, -0.15) is 20.4 Å². The van der Waals surface area contributed by atoms with Gasteiger partial charge in [-0.05, 0) is 52.1 Å². The Morgan fingerprint density at radius 2 is 1.17 bits per heavy atom. The van der Waals surface area contributed by atoms with Crippen LogP contribution in [0, 0.1) is 21.6 Å². The van der Waals surface area contributed by atoms with Gasteiger partial charge in [0.15, 0.2) is 0 Å². The number of benzene rings is 2. The quantitative estimate of drug-likeness (QED) is 0.120. The lowest BCUT2D eigenvalue weighted by atomic mass is 9.95. The van der Waals surface area contributed by atoms with Gasteiger partial charge in [-0.25, -0.2) is 16.3 Å². The second-order valence-corrected chi connectivity index (χ2v) is 6.62. The van der Waals surface area contributed by atoms with Crippen molar-refractivity contribution < 1.29 is 0 Å². The van der Waals surface area contributed by atoms with Crippen molar-refractivity contribution in [2.24, 2.45) is 37.6 Å². The number of rotatable bonds is 10. The summed E-state index contributed by atoms with van der Waals surface area (Å²) in [5.74, 6) is -0.915. The number of nitrogens with two attached hydrogens (primary N) is 3. The van der Waals surface area contributed by atoms with Gasteiger partial charge in [0.2, 0.25) is 17.9 Å². The molecule has 0 amide bonds. The molecule has 15 nitrogen and oxygen atoms in total. The molecule has 0 unspecified atom stereocenters. The summed E-state index contributed by atoms with van der Waals surface area (Å²) in [5, 5.41) is 44.5. The van der Waals surface area contributed by atoms with Crippen LogP contribution in [0.15, 0.2) is 56.8 Å². The van der Waals surface area contributed by atoms with Crippen LogP contribution in [0.25, 0.3) is 11.1 Å². The molecule has 180 valence electrons. The molecule has 0 aromatic heterocycles. The summed E-state index contributed by atoms with van der Waals surface area (Å²) in [5.41, 5.74) is 29.6. The van der Waals surface area contributed by atoms with E-state index in [0.29, 0.717) is 22.3 Å². The van der Waals surface area contributed by atoms with Crippen LogP contribution in [0.3, 0.4) is 0 Å². The molecule has 0 bridgehead atoms. The number of nitrogens with zero attached hydrogens (tertiary/aromatic N) is 4. The lowest BCUT2D eigenvalue weighted by Gasteiger charge is -2.10. The Labute approximate surface area is 200 Å². The minimum atomic E-state index is -0.310. The van der Waals surface area contributed by atoms with Gasteiger partial charge in [-0.1, -0.05) is 12.1 Å². The van der Waals surface area contributed by atoms with Crippen molar-refractivity contribution >= 4 is 49.1 Å². The molecule has 0 fully saturated rings. The first kappa shape index (κ1) is 25.7. The lowest BCUT2D eigenvalue weighted by Crippen LogP contribution is -2.25. The molecule has 0 aliphatic carbocycles. The van der Waals surface area contributed by atoms with Crippen LogP contribution in [0.5, 0.6) is 0 Å². The van der Waals surface area contributed by atoms with E-state index in [-0.39, 0.29) is 17.9 Å². The average Bonchev–Trinajstić information content (AvgIpc) is 2.79. The Balaban J connectivity index is 2.61. The molecule has 35 heavy (non-hydrogen) atoms. The number of hydrazone groups is 4. The smallest absolute Gasteiger partial charge is 0.206 e. The van der Waals surface area contributed by atoms with Gasteiger partial charge in [0.1, 0.15) is 0 Å². The summed E-state index contributed by atoms with van der Waals surface area (Å²) in [4.78, 5) is 0. The first-order valence-corrected chi connectivity index (χ1v) is 9.75. The first-order chi connectivity index (χ1) is 16.8. The Morgan fingerprint density at radius 3 is 1.71 bits per heavy atom. The number of nitrogens with one attached hydrogen (secondary N) is 8. The van der Waals surface area contributed by atoms with Gasteiger partial charge in [0, 0.05) is 5.56 Å². The van der Waals surface area contributed by atoms with Gasteiger partial charge in [0.05, 0.1) is 31.2 Å². The Morgan fingerprint density at radius 1 is 0.657 bits per heavy atom. The van der Waals surface area contributed by atoms with E-state index in [1.807, 2.05) is 18.2 Å². The zero-order valence-corrected chi connectivity index (χ0v) is 18.4.